The van der Waals surface area contributed by atoms with E-state index >= 15 is 0 Å². The molecular weight excluding hydrogens is 332 g/mol. The van der Waals surface area contributed by atoms with Crippen LogP contribution in [0.1, 0.15) is 22.0 Å². The molecule has 2 rings (SSSR count). The molecule has 0 aliphatic carbocycles. The van der Waals surface area contributed by atoms with Crippen LogP contribution in [0.25, 0.3) is 0 Å². The molecule has 136 valence electrons. The molecule has 2 aromatic rings. The molecule has 0 heterocycles. The molecule has 1 atom stereocenters. The molecule has 26 heavy (non-hydrogen) atoms. The lowest BCUT2D eigenvalue weighted by Gasteiger charge is -2.19. The highest BCUT2D eigenvalue weighted by Gasteiger charge is 2.16. The van der Waals surface area contributed by atoms with Crippen LogP contribution >= 0.6 is 0 Å². The van der Waals surface area contributed by atoms with Crippen LogP contribution in [0.2, 0.25) is 0 Å². The number of methoxy groups -OCH3 is 2. The summed E-state index contributed by atoms with van der Waals surface area (Å²) in [5.74, 6) is 0.440. The monoisotopic (exact) mass is 354 g/mol. The Bertz CT molecular complexity index is 752. The fourth-order valence-corrected chi connectivity index (χ4v) is 2.40. The minimum absolute atomic E-state index is 0.224. The van der Waals surface area contributed by atoms with E-state index in [0.29, 0.717) is 17.1 Å². The van der Waals surface area contributed by atoms with Gasteiger partial charge in [0.1, 0.15) is 11.5 Å². The van der Waals surface area contributed by atoms with Crippen LogP contribution < -0.4 is 20.1 Å². The van der Waals surface area contributed by atoms with Gasteiger partial charge in [-0.15, -0.1) is 0 Å². The summed E-state index contributed by atoms with van der Waals surface area (Å²) < 4.78 is 10.4. The van der Waals surface area contributed by atoms with Gasteiger partial charge >= 0.3 is 0 Å². The van der Waals surface area contributed by atoms with Crippen molar-refractivity contribution in [3.63, 3.8) is 0 Å². The molecular formula is C20H22N2O4. The minimum atomic E-state index is -0.377. The molecule has 0 saturated carbocycles. The fourth-order valence-electron chi connectivity index (χ4n) is 2.40. The number of nitrogens with one attached hydrogen (secondary N) is 2. The number of hydrogen-bond donors (Lipinski definition) is 2. The minimum Gasteiger partial charge on any atom is -0.497 e. The predicted octanol–water partition coefficient (Wildman–Crippen LogP) is 2.48. The summed E-state index contributed by atoms with van der Waals surface area (Å²) in [6.07, 6.45) is 1.20. The maximum absolute atomic E-state index is 12.5. The fraction of sp³-hybridized carbons (Fsp3) is 0.200. The van der Waals surface area contributed by atoms with Gasteiger partial charge in [0.05, 0.1) is 20.3 Å². The molecule has 0 saturated heterocycles. The summed E-state index contributed by atoms with van der Waals surface area (Å²) in [6, 6.07) is 14.0. The van der Waals surface area contributed by atoms with Crippen molar-refractivity contribution in [3.8, 4) is 11.5 Å². The van der Waals surface area contributed by atoms with Gasteiger partial charge in [0.2, 0.25) is 5.91 Å². The van der Waals surface area contributed by atoms with Gasteiger partial charge in [0.25, 0.3) is 5.91 Å². The van der Waals surface area contributed by atoms with Gasteiger partial charge in [-0.2, -0.15) is 0 Å². The normalized spacial score (nSPS) is 11.2. The molecule has 2 aromatic carbocycles. The van der Waals surface area contributed by atoms with Crippen molar-refractivity contribution in [2.45, 2.75) is 6.04 Å². The predicted molar refractivity (Wildman–Crippen MR) is 99.4 cm³/mol. The highest BCUT2D eigenvalue weighted by molar-refractivity contribution is 5.95. The van der Waals surface area contributed by atoms with Crippen LogP contribution in [-0.2, 0) is 4.79 Å². The van der Waals surface area contributed by atoms with E-state index in [2.05, 4.69) is 17.2 Å². The van der Waals surface area contributed by atoms with Gasteiger partial charge in [-0.3, -0.25) is 9.59 Å². The Morgan fingerprint density at radius 1 is 1.08 bits per heavy atom. The first-order valence-electron chi connectivity index (χ1n) is 8.06. The molecule has 2 N–H and O–H groups in total. The molecule has 6 heteroatoms. The molecule has 0 bridgehead atoms. The molecule has 0 aliphatic heterocycles. The molecule has 0 aliphatic rings. The standard InChI is InChI=1S/C20H22N2O4/c1-4-19(23)22-18(14-8-6-5-7-9-14)13-21-20(24)15-10-16(25-2)12-17(11-15)26-3/h4-12,18H,1,13H2,2-3H3,(H,21,24)(H,22,23). The topological polar surface area (TPSA) is 76.7 Å². The number of rotatable bonds is 8. The number of hydrogen-bond acceptors (Lipinski definition) is 4. The number of amides is 2. The Labute approximate surface area is 152 Å². The quantitative estimate of drug-likeness (QED) is 0.714. The lowest BCUT2D eigenvalue weighted by molar-refractivity contribution is -0.117. The van der Waals surface area contributed by atoms with Crippen LogP contribution in [0.4, 0.5) is 0 Å². The highest BCUT2D eigenvalue weighted by Crippen LogP contribution is 2.22. The molecule has 0 aromatic heterocycles. The van der Waals surface area contributed by atoms with Gasteiger partial charge in [-0.25, -0.2) is 0 Å². The Morgan fingerprint density at radius 3 is 2.23 bits per heavy atom. The van der Waals surface area contributed by atoms with E-state index in [1.54, 1.807) is 18.2 Å². The van der Waals surface area contributed by atoms with E-state index in [0.717, 1.165) is 5.56 Å². The average molecular weight is 354 g/mol. The molecule has 2 amide bonds. The summed E-state index contributed by atoms with van der Waals surface area (Å²) in [6.45, 7) is 3.69. The van der Waals surface area contributed by atoms with Crippen molar-refractivity contribution in [2.75, 3.05) is 20.8 Å². The summed E-state index contributed by atoms with van der Waals surface area (Å²) >= 11 is 0. The molecule has 0 spiro atoms. The van der Waals surface area contributed by atoms with Gasteiger partial charge < -0.3 is 20.1 Å². The van der Waals surface area contributed by atoms with Crippen LogP contribution in [0.5, 0.6) is 11.5 Å². The number of benzene rings is 2. The summed E-state index contributed by atoms with van der Waals surface area (Å²) in [5, 5.41) is 5.64. The summed E-state index contributed by atoms with van der Waals surface area (Å²) in [5.41, 5.74) is 1.29. The van der Waals surface area contributed by atoms with Crippen molar-refractivity contribution < 1.29 is 19.1 Å². The molecule has 0 fully saturated rings. The van der Waals surface area contributed by atoms with Crippen LogP contribution in [0.15, 0.2) is 61.2 Å². The number of ether oxygens (including phenoxy) is 2. The lowest BCUT2D eigenvalue weighted by atomic mass is 10.1. The Kier molecular flexibility index (Phi) is 6.79. The van der Waals surface area contributed by atoms with Crippen LogP contribution in [0.3, 0.4) is 0 Å². The summed E-state index contributed by atoms with van der Waals surface area (Å²) in [4.78, 5) is 24.2. The van der Waals surface area contributed by atoms with Gasteiger partial charge in [0, 0.05) is 18.2 Å². The molecule has 1 unspecified atom stereocenters. The maximum atomic E-state index is 12.5. The van der Waals surface area contributed by atoms with Gasteiger partial charge in [-0.1, -0.05) is 36.9 Å². The Balaban J connectivity index is 2.13. The molecule has 0 radical (unpaired) electrons. The van der Waals surface area contributed by atoms with Crippen molar-refractivity contribution in [2.24, 2.45) is 0 Å². The van der Waals surface area contributed by atoms with E-state index < -0.39 is 0 Å². The van der Waals surface area contributed by atoms with E-state index in [4.69, 9.17) is 9.47 Å². The zero-order valence-corrected chi connectivity index (χ0v) is 14.8. The van der Waals surface area contributed by atoms with E-state index in [1.165, 1.54) is 20.3 Å². The lowest BCUT2D eigenvalue weighted by Crippen LogP contribution is -2.37. The highest BCUT2D eigenvalue weighted by atomic mass is 16.5. The second kappa shape index (κ2) is 9.27. The third-order valence-corrected chi connectivity index (χ3v) is 3.78. The van der Waals surface area contributed by atoms with Crippen molar-refractivity contribution in [3.05, 3.63) is 72.3 Å². The van der Waals surface area contributed by atoms with Gasteiger partial charge in [0.15, 0.2) is 0 Å². The van der Waals surface area contributed by atoms with Crippen LogP contribution in [-0.4, -0.2) is 32.6 Å². The first-order valence-corrected chi connectivity index (χ1v) is 8.06. The van der Waals surface area contributed by atoms with Gasteiger partial charge in [-0.05, 0) is 23.8 Å². The maximum Gasteiger partial charge on any atom is 0.251 e. The second-order valence-electron chi connectivity index (χ2n) is 5.49. The smallest absolute Gasteiger partial charge is 0.251 e. The first-order chi connectivity index (χ1) is 12.6. The third kappa shape index (κ3) is 5.11. The zero-order chi connectivity index (χ0) is 18.9. The number of carbonyl (C=O) groups is 2. The average Bonchev–Trinajstić information content (AvgIpc) is 2.70. The van der Waals surface area contributed by atoms with Crippen molar-refractivity contribution >= 4 is 11.8 Å². The SMILES string of the molecule is C=CC(=O)NC(CNC(=O)c1cc(OC)cc(OC)c1)c1ccccc1. The Hall–Kier alpha value is -3.28. The Morgan fingerprint density at radius 2 is 1.69 bits per heavy atom. The van der Waals surface area contributed by atoms with E-state index in [1.807, 2.05) is 30.3 Å². The largest absolute Gasteiger partial charge is 0.497 e. The molecule has 6 nitrogen and oxygen atoms in total. The second-order valence-corrected chi connectivity index (χ2v) is 5.49. The van der Waals surface area contributed by atoms with E-state index in [9.17, 15) is 9.59 Å². The third-order valence-electron chi connectivity index (χ3n) is 3.78. The van der Waals surface area contributed by atoms with E-state index in [-0.39, 0.29) is 24.4 Å². The van der Waals surface area contributed by atoms with Crippen LogP contribution in [0, 0.1) is 0 Å². The number of carbonyl (C=O) groups excluding carboxylic acids is 2. The summed E-state index contributed by atoms with van der Waals surface area (Å²) in [7, 11) is 3.04. The van der Waals surface area contributed by atoms with Crippen molar-refractivity contribution in [1.82, 2.24) is 10.6 Å². The van der Waals surface area contributed by atoms with Crippen molar-refractivity contribution in [1.29, 1.82) is 0 Å². The zero-order valence-electron chi connectivity index (χ0n) is 14.8. The first kappa shape index (κ1) is 19.1.